The van der Waals surface area contributed by atoms with Crippen LogP contribution in [0.1, 0.15) is 41.0 Å². The number of rotatable bonds is 9. The first-order valence-corrected chi connectivity index (χ1v) is 6.91. The molecule has 0 amide bonds. The average molecular weight is 244 g/mol. The van der Waals surface area contributed by atoms with E-state index in [1.165, 1.54) is 6.42 Å². The zero-order valence-electron chi connectivity index (χ0n) is 12.7. The first-order valence-electron chi connectivity index (χ1n) is 6.91. The van der Waals surface area contributed by atoms with Crippen molar-refractivity contribution in [2.75, 3.05) is 39.9 Å². The zero-order chi connectivity index (χ0) is 13.3. The summed E-state index contributed by atoms with van der Waals surface area (Å²) < 4.78 is 5.37. The lowest BCUT2D eigenvalue weighted by molar-refractivity contribution is 0.118. The van der Waals surface area contributed by atoms with Gasteiger partial charge in [-0.15, -0.1) is 0 Å². The quantitative estimate of drug-likeness (QED) is 0.630. The summed E-state index contributed by atoms with van der Waals surface area (Å²) in [6, 6.07) is 0.585. The Morgan fingerprint density at radius 2 is 1.82 bits per heavy atom. The molecule has 0 spiro atoms. The van der Waals surface area contributed by atoms with Gasteiger partial charge in [-0.1, -0.05) is 27.7 Å². The van der Waals surface area contributed by atoms with Crippen LogP contribution in [0.15, 0.2) is 0 Å². The van der Waals surface area contributed by atoms with Gasteiger partial charge in [-0.3, -0.25) is 0 Å². The predicted molar refractivity (Wildman–Crippen MR) is 75.5 cm³/mol. The maximum Gasteiger partial charge on any atom is 0.0593 e. The third-order valence-corrected chi connectivity index (χ3v) is 3.12. The molecule has 104 valence electrons. The standard InChI is InChI=1S/C14H32N2O/c1-7-15-13(14(3,4)5)9-10-16(6)11-12-17-8-2/h13,15H,7-12H2,1-6H3. The fourth-order valence-electron chi connectivity index (χ4n) is 1.91. The van der Waals surface area contributed by atoms with E-state index in [9.17, 15) is 0 Å². The van der Waals surface area contributed by atoms with Crippen LogP contribution >= 0.6 is 0 Å². The molecule has 0 aromatic rings. The van der Waals surface area contributed by atoms with Crippen LogP contribution in [-0.4, -0.2) is 50.8 Å². The molecule has 0 aliphatic rings. The minimum absolute atomic E-state index is 0.330. The highest BCUT2D eigenvalue weighted by Gasteiger charge is 2.23. The van der Waals surface area contributed by atoms with E-state index >= 15 is 0 Å². The summed E-state index contributed by atoms with van der Waals surface area (Å²) in [4.78, 5) is 2.35. The van der Waals surface area contributed by atoms with Crippen molar-refractivity contribution < 1.29 is 4.74 Å². The van der Waals surface area contributed by atoms with Crippen LogP contribution in [0.3, 0.4) is 0 Å². The van der Waals surface area contributed by atoms with Crippen molar-refractivity contribution in [3.63, 3.8) is 0 Å². The lowest BCUT2D eigenvalue weighted by Gasteiger charge is -2.32. The van der Waals surface area contributed by atoms with Crippen molar-refractivity contribution in [1.82, 2.24) is 10.2 Å². The molecular formula is C14H32N2O. The Balaban J connectivity index is 3.87. The van der Waals surface area contributed by atoms with Crippen molar-refractivity contribution >= 4 is 0 Å². The number of hydrogen-bond donors (Lipinski definition) is 1. The molecule has 0 aliphatic carbocycles. The summed E-state index contributed by atoms with van der Waals surface area (Å²) >= 11 is 0. The third kappa shape index (κ3) is 8.58. The van der Waals surface area contributed by atoms with Gasteiger partial charge in [0.25, 0.3) is 0 Å². The molecule has 0 heterocycles. The summed E-state index contributed by atoms with van der Waals surface area (Å²) in [6.07, 6.45) is 1.19. The number of ether oxygens (including phenoxy) is 1. The van der Waals surface area contributed by atoms with E-state index in [0.29, 0.717) is 11.5 Å². The highest BCUT2D eigenvalue weighted by atomic mass is 16.5. The number of nitrogens with one attached hydrogen (secondary N) is 1. The monoisotopic (exact) mass is 244 g/mol. The van der Waals surface area contributed by atoms with E-state index < -0.39 is 0 Å². The Kier molecular flexibility index (Phi) is 8.83. The topological polar surface area (TPSA) is 24.5 Å². The second-order valence-corrected chi connectivity index (χ2v) is 5.77. The molecule has 0 saturated carbocycles. The molecule has 1 atom stereocenters. The summed E-state index contributed by atoms with van der Waals surface area (Å²) in [5, 5.41) is 3.59. The maximum absolute atomic E-state index is 5.37. The Labute approximate surface area is 108 Å². The summed E-state index contributed by atoms with van der Waals surface area (Å²) in [7, 11) is 2.17. The molecule has 17 heavy (non-hydrogen) atoms. The van der Waals surface area contributed by atoms with Crippen molar-refractivity contribution in [3.8, 4) is 0 Å². The van der Waals surface area contributed by atoms with Crippen LogP contribution < -0.4 is 5.32 Å². The molecule has 0 aromatic heterocycles. The fourth-order valence-corrected chi connectivity index (χ4v) is 1.91. The molecule has 0 rings (SSSR count). The van der Waals surface area contributed by atoms with Gasteiger partial charge in [0.05, 0.1) is 6.61 Å². The van der Waals surface area contributed by atoms with Gasteiger partial charge in [-0.25, -0.2) is 0 Å². The Morgan fingerprint density at radius 1 is 1.18 bits per heavy atom. The first-order chi connectivity index (χ1) is 7.91. The van der Waals surface area contributed by atoms with Crippen LogP contribution in [-0.2, 0) is 4.74 Å². The van der Waals surface area contributed by atoms with Gasteiger partial charge in [0.2, 0.25) is 0 Å². The first kappa shape index (κ1) is 16.9. The van der Waals surface area contributed by atoms with Gasteiger partial charge >= 0.3 is 0 Å². The smallest absolute Gasteiger partial charge is 0.0593 e. The minimum atomic E-state index is 0.330. The van der Waals surface area contributed by atoms with E-state index in [0.717, 1.165) is 32.8 Å². The van der Waals surface area contributed by atoms with Crippen LogP contribution in [0.2, 0.25) is 0 Å². The van der Waals surface area contributed by atoms with Crippen LogP contribution in [0.4, 0.5) is 0 Å². The molecular weight excluding hydrogens is 212 g/mol. The summed E-state index contributed by atoms with van der Waals surface area (Å²) in [5.74, 6) is 0. The molecule has 3 nitrogen and oxygen atoms in total. The van der Waals surface area contributed by atoms with E-state index in [-0.39, 0.29) is 0 Å². The average Bonchev–Trinajstić information content (AvgIpc) is 2.23. The molecule has 3 heteroatoms. The summed E-state index contributed by atoms with van der Waals surface area (Å²) in [6.45, 7) is 16.0. The van der Waals surface area contributed by atoms with Crippen LogP contribution in [0.25, 0.3) is 0 Å². The van der Waals surface area contributed by atoms with E-state index in [1.54, 1.807) is 0 Å². The van der Waals surface area contributed by atoms with Gasteiger partial charge < -0.3 is 15.0 Å². The second kappa shape index (κ2) is 8.90. The van der Waals surface area contributed by atoms with Crippen LogP contribution in [0, 0.1) is 5.41 Å². The second-order valence-electron chi connectivity index (χ2n) is 5.77. The molecule has 0 fully saturated rings. The minimum Gasteiger partial charge on any atom is -0.380 e. The Morgan fingerprint density at radius 3 is 2.29 bits per heavy atom. The van der Waals surface area contributed by atoms with Gasteiger partial charge in [0.1, 0.15) is 0 Å². The third-order valence-electron chi connectivity index (χ3n) is 3.12. The molecule has 0 saturated heterocycles. The number of hydrogen-bond acceptors (Lipinski definition) is 3. The normalized spacial score (nSPS) is 14.3. The SMILES string of the molecule is CCNC(CCN(C)CCOCC)C(C)(C)C. The van der Waals surface area contributed by atoms with Crippen molar-refractivity contribution in [2.45, 2.75) is 47.1 Å². The maximum atomic E-state index is 5.37. The Bertz CT molecular complexity index is 178. The predicted octanol–water partition coefficient (Wildman–Crippen LogP) is 2.37. The number of nitrogens with zero attached hydrogens (tertiary/aromatic N) is 1. The molecule has 0 aliphatic heterocycles. The van der Waals surface area contributed by atoms with Gasteiger partial charge in [0, 0.05) is 19.2 Å². The molecule has 1 unspecified atom stereocenters. The fraction of sp³-hybridized carbons (Fsp3) is 1.00. The zero-order valence-corrected chi connectivity index (χ0v) is 12.7. The largest absolute Gasteiger partial charge is 0.380 e. The lowest BCUT2D eigenvalue weighted by Crippen LogP contribution is -2.42. The molecule has 0 bridgehead atoms. The van der Waals surface area contributed by atoms with E-state index in [2.05, 4.69) is 45.0 Å². The molecule has 0 radical (unpaired) electrons. The highest BCUT2D eigenvalue weighted by Crippen LogP contribution is 2.21. The van der Waals surface area contributed by atoms with Crippen molar-refractivity contribution in [1.29, 1.82) is 0 Å². The van der Waals surface area contributed by atoms with Gasteiger partial charge in [-0.2, -0.15) is 0 Å². The lowest BCUT2D eigenvalue weighted by atomic mass is 9.84. The van der Waals surface area contributed by atoms with Crippen LogP contribution in [0.5, 0.6) is 0 Å². The number of likely N-dealkylation sites (N-methyl/N-ethyl adjacent to an activating group) is 1. The Hall–Kier alpha value is -0.120. The van der Waals surface area contributed by atoms with E-state index in [4.69, 9.17) is 4.74 Å². The van der Waals surface area contributed by atoms with Crippen molar-refractivity contribution in [2.24, 2.45) is 5.41 Å². The molecule has 1 N–H and O–H groups in total. The van der Waals surface area contributed by atoms with Gasteiger partial charge in [-0.05, 0) is 38.9 Å². The summed E-state index contributed by atoms with van der Waals surface area (Å²) in [5.41, 5.74) is 0.330. The van der Waals surface area contributed by atoms with E-state index in [1.807, 2.05) is 6.92 Å². The van der Waals surface area contributed by atoms with Crippen molar-refractivity contribution in [3.05, 3.63) is 0 Å². The van der Waals surface area contributed by atoms with Gasteiger partial charge in [0.15, 0.2) is 0 Å². The highest BCUT2D eigenvalue weighted by molar-refractivity contribution is 4.80. The molecule has 0 aromatic carbocycles.